The molecule has 15 heteroatoms. The minimum Gasteiger partial charge on any atom is -0.487 e. The van der Waals surface area contributed by atoms with E-state index in [1.54, 1.807) is 12.1 Å². The van der Waals surface area contributed by atoms with Crippen LogP contribution in [0, 0.1) is 10.1 Å². The van der Waals surface area contributed by atoms with Crippen molar-refractivity contribution in [2.24, 2.45) is 4.99 Å². The maximum absolute atomic E-state index is 13.4. The first kappa shape index (κ1) is 30.1. The van der Waals surface area contributed by atoms with Gasteiger partial charge in [-0.15, -0.1) is 0 Å². The predicted octanol–water partition coefficient (Wildman–Crippen LogP) is 5.95. The fraction of sp³-hybridized carbons (Fsp3) is 0.370. The highest BCUT2D eigenvalue weighted by Crippen LogP contribution is 2.58. The van der Waals surface area contributed by atoms with Gasteiger partial charge in [0.25, 0.3) is 11.6 Å². The normalized spacial score (nSPS) is 21.9. The van der Waals surface area contributed by atoms with Gasteiger partial charge in [-0.05, 0) is 49.6 Å². The van der Waals surface area contributed by atoms with Crippen molar-refractivity contribution in [1.29, 1.82) is 0 Å². The van der Waals surface area contributed by atoms with Gasteiger partial charge in [0.1, 0.15) is 35.1 Å². The van der Waals surface area contributed by atoms with Crippen molar-refractivity contribution in [2.45, 2.75) is 56.7 Å². The summed E-state index contributed by atoms with van der Waals surface area (Å²) in [5, 5.41) is 10.9. The number of nitro benzene ring substituents is 1. The van der Waals surface area contributed by atoms with Gasteiger partial charge in [0.15, 0.2) is 11.7 Å². The number of hydrogen-bond acceptors (Lipinski definition) is 11. The molecular formula is C27H27ClN3O9PS. The summed E-state index contributed by atoms with van der Waals surface area (Å²) in [6.45, 7) is -2.92. The van der Waals surface area contributed by atoms with Crippen molar-refractivity contribution in [3.05, 3.63) is 81.7 Å². The average Bonchev–Trinajstić information content (AvgIpc) is 3.61. The summed E-state index contributed by atoms with van der Waals surface area (Å²) < 4.78 is 35.2. The Hall–Kier alpha value is -3.38. The van der Waals surface area contributed by atoms with E-state index in [1.807, 2.05) is 18.2 Å². The molecule has 0 aromatic heterocycles. The highest BCUT2D eigenvalue weighted by Gasteiger charge is 2.56. The van der Waals surface area contributed by atoms with Crippen LogP contribution >= 0.6 is 30.0 Å². The van der Waals surface area contributed by atoms with E-state index in [-0.39, 0.29) is 36.5 Å². The topological polar surface area (TPSA) is 147 Å². The number of non-ortho nitro benzene ring substituents is 1. The molecule has 0 bridgehead atoms. The molecule has 0 spiro atoms. The molecular weight excluding hydrogens is 609 g/mol. The lowest BCUT2D eigenvalue weighted by molar-refractivity contribution is -0.384. The number of esters is 1. The Bertz CT molecular complexity index is 1460. The van der Waals surface area contributed by atoms with E-state index in [1.165, 1.54) is 47.9 Å². The second kappa shape index (κ2) is 12.9. The Morgan fingerprint density at radius 2 is 1.83 bits per heavy atom. The summed E-state index contributed by atoms with van der Waals surface area (Å²) in [6, 6.07) is 13.9. The van der Waals surface area contributed by atoms with Crippen LogP contribution in [0.5, 0.6) is 5.75 Å². The summed E-state index contributed by atoms with van der Waals surface area (Å²) in [6.07, 6.45) is 2.86. The highest BCUT2D eigenvalue weighted by atomic mass is 35.7. The Balaban J connectivity index is 1.32. The van der Waals surface area contributed by atoms with Crippen LogP contribution in [0.4, 0.5) is 5.69 Å². The van der Waals surface area contributed by atoms with Gasteiger partial charge in [-0.2, -0.15) is 0 Å². The van der Waals surface area contributed by atoms with E-state index in [4.69, 9.17) is 29.8 Å². The third-order valence-electron chi connectivity index (χ3n) is 6.77. The van der Waals surface area contributed by atoms with Crippen LogP contribution in [0.1, 0.15) is 38.2 Å². The van der Waals surface area contributed by atoms with Crippen LogP contribution in [-0.4, -0.2) is 50.9 Å². The van der Waals surface area contributed by atoms with E-state index >= 15 is 0 Å². The minimum absolute atomic E-state index is 0.113. The minimum atomic E-state index is -4.16. The lowest BCUT2D eigenvalue weighted by Gasteiger charge is -2.41. The molecule has 2 aliphatic heterocycles. The Labute approximate surface area is 250 Å². The van der Waals surface area contributed by atoms with Crippen molar-refractivity contribution < 1.29 is 37.6 Å². The van der Waals surface area contributed by atoms with Crippen LogP contribution in [0.3, 0.4) is 0 Å². The molecule has 3 aliphatic rings. The van der Waals surface area contributed by atoms with Crippen molar-refractivity contribution in [3.8, 4) is 5.75 Å². The number of hydrogen-bond donors (Lipinski definition) is 0. The number of nitro groups is 1. The predicted molar refractivity (Wildman–Crippen MR) is 155 cm³/mol. The Kier molecular flexibility index (Phi) is 9.22. The molecule has 2 aromatic rings. The molecule has 2 heterocycles. The average molecular weight is 636 g/mol. The zero-order valence-electron chi connectivity index (χ0n) is 22.4. The monoisotopic (exact) mass is 635 g/mol. The molecule has 42 heavy (non-hydrogen) atoms. The van der Waals surface area contributed by atoms with Crippen LogP contribution in [0.15, 0.2) is 71.0 Å². The number of likely N-dealkylation sites (tertiary alicyclic amines) is 1. The zero-order valence-corrected chi connectivity index (χ0v) is 24.9. The molecule has 1 saturated heterocycles. The van der Waals surface area contributed by atoms with E-state index in [2.05, 4.69) is 4.99 Å². The smallest absolute Gasteiger partial charge is 0.476 e. The number of nitrogens with zero attached hydrogens (tertiary/aromatic N) is 3. The number of rotatable bonds is 12. The number of benzene rings is 2. The maximum Gasteiger partial charge on any atom is 0.476 e. The number of ether oxygens (including phenoxy) is 2. The second-order valence-corrected chi connectivity index (χ2v) is 13.4. The first-order chi connectivity index (χ1) is 20.1. The summed E-state index contributed by atoms with van der Waals surface area (Å²) in [5.74, 6) is -0.984. The molecule has 2 fully saturated rings. The van der Waals surface area contributed by atoms with Gasteiger partial charge in [0, 0.05) is 23.4 Å². The third-order valence-corrected chi connectivity index (χ3v) is 9.46. The molecule has 0 N–H and O–H groups in total. The fourth-order valence-electron chi connectivity index (χ4n) is 4.72. The van der Waals surface area contributed by atoms with Gasteiger partial charge in [-0.1, -0.05) is 42.8 Å². The van der Waals surface area contributed by atoms with Crippen LogP contribution in [0.2, 0.25) is 0 Å². The van der Waals surface area contributed by atoms with Gasteiger partial charge in [0.2, 0.25) is 0 Å². The van der Waals surface area contributed by atoms with Gasteiger partial charge in [-0.3, -0.25) is 29.3 Å². The zero-order chi connectivity index (χ0) is 29.9. The van der Waals surface area contributed by atoms with E-state index in [0.717, 1.165) is 12.8 Å². The summed E-state index contributed by atoms with van der Waals surface area (Å²) >= 11 is 7.38. The number of fused-ring (bicyclic) bond motifs is 1. The molecule has 3 atom stereocenters. The molecule has 12 nitrogen and oxygen atoms in total. The number of carbonyl (C=O) groups excluding carboxylic acids is 2. The first-order valence-electron chi connectivity index (χ1n) is 13.1. The van der Waals surface area contributed by atoms with Gasteiger partial charge in [-0.25, -0.2) is 9.36 Å². The highest BCUT2D eigenvalue weighted by molar-refractivity contribution is 8.15. The number of amides is 1. The Morgan fingerprint density at radius 3 is 2.50 bits per heavy atom. The molecule has 222 valence electrons. The standard InChI is InChI=1S/C27H27ClN3O9PS/c1-17(39-41(28,36)40-21-9-5-6-10-21)24(27(33)38-15-18-11-13-19(14-12-18)31(34)35)30-25(32)23-26(30)42-22(29-23)16-37-20-7-3-2-4-8-20/h2-4,7-8,11-14,21,23,26H,5-6,9-10,15-16H2,1H3. The van der Waals surface area contributed by atoms with Crippen molar-refractivity contribution in [2.75, 3.05) is 6.61 Å². The number of thioether (sulfide) groups is 1. The number of para-hydroxylation sites is 1. The second-order valence-electron chi connectivity index (χ2n) is 9.72. The largest absolute Gasteiger partial charge is 0.487 e. The molecule has 3 unspecified atom stereocenters. The number of aliphatic imine (C=N–C) groups is 1. The van der Waals surface area contributed by atoms with Crippen LogP contribution in [0.25, 0.3) is 0 Å². The summed E-state index contributed by atoms with van der Waals surface area (Å²) in [4.78, 5) is 42.7. The van der Waals surface area contributed by atoms with E-state index in [9.17, 15) is 24.3 Å². The molecule has 0 radical (unpaired) electrons. The van der Waals surface area contributed by atoms with Crippen LogP contribution in [-0.2, 0) is 34.5 Å². The van der Waals surface area contributed by atoms with E-state index < -0.39 is 35.2 Å². The molecule has 5 rings (SSSR count). The van der Waals surface area contributed by atoms with Crippen molar-refractivity contribution >= 4 is 52.6 Å². The number of allylic oxidation sites excluding steroid dienone is 1. The number of β-lactam (4-membered cyclic amide) rings is 1. The third kappa shape index (κ3) is 6.97. The van der Waals surface area contributed by atoms with Crippen LogP contribution < -0.4 is 4.74 Å². The SMILES string of the molecule is CC(OP(=O)(Cl)OC1CCCC1)=C(C(=O)OCc1ccc([N+](=O)[O-])cc1)N1C(=O)C2N=C(COc3ccccc3)SC21. The fourth-order valence-corrected chi connectivity index (χ4v) is 7.60. The maximum atomic E-state index is 13.4. The Morgan fingerprint density at radius 1 is 1.14 bits per heavy atom. The van der Waals surface area contributed by atoms with Gasteiger partial charge >= 0.3 is 12.9 Å². The van der Waals surface area contributed by atoms with Gasteiger partial charge in [0.05, 0.1) is 11.0 Å². The quantitative estimate of drug-likeness (QED) is 0.0521. The summed E-state index contributed by atoms with van der Waals surface area (Å²) in [7, 11) is 0. The van der Waals surface area contributed by atoms with E-state index in [0.29, 0.717) is 29.2 Å². The molecule has 1 aliphatic carbocycles. The van der Waals surface area contributed by atoms with Crippen molar-refractivity contribution in [1.82, 2.24) is 4.90 Å². The van der Waals surface area contributed by atoms with Gasteiger partial charge < -0.3 is 14.0 Å². The number of halogens is 1. The van der Waals surface area contributed by atoms with Crippen molar-refractivity contribution in [3.63, 3.8) is 0 Å². The molecule has 1 amide bonds. The first-order valence-corrected chi connectivity index (χ1v) is 16.5. The lowest BCUT2D eigenvalue weighted by atomic mass is 10.1. The molecule has 1 saturated carbocycles. The summed E-state index contributed by atoms with van der Waals surface area (Å²) in [5.41, 5.74) is 0.0794. The molecule has 2 aromatic carbocycles. The number of carbonyl (C=O) groups is 2. The lowest BCUT2D eigenvalue weighted by Crippen LogP contribution is -2.61.